The molecule has 1 aromatic carbocycles. The van der Waals surface area contributed by atoms with Crippen molar-refractivity contribution >= 4 is 0 Å². The number of hydrogen-bond acceptors (Lipinski definition) is 4. The molecule has 16 heavy (non-hydrogen) atoms. The molecule has 0 saturated heterocycles. The molecule has 1 rings (SSSR count). The van der Waals surface area contributed by atoms with Crippen LogP contribution in [0.25, 0.3) is 0 Å². The van der Waals surface area contributed by atoms with Crippen LogP contribution < -0.4 is 14.2 Å². The molecule has 1 N–H and O–H groups in total. The van der Waals surface area contributed by atoms with Crippen molar-refractivity contribution in [1.82, 2.24) is 0 Å². The van der Waals surface area contributed by atoms with Crippen molar-refractivity contribution in [2.75, 3.05) is 21.3 Å². The van der Waals surface area contributed by atoms with Gasteiger partial charge >= 0.3 is 0 Å². The quantitative estimate of drug-likeness (QED) is 0.835. The van der Waals surface area contributed by atoms with Crippen molar-refractivity contribution in [3.63, 3.8) is 0 Å². The Morgan fingerprint density at radius 2 is 1.69 bits per heavy atom. The van der Waals surface area contributed by atoms with Crippen LogP contribution in [0.15, 0.2) is 12.1 Å². The molecule has 0 aromatic heterocycles. The van der Waals surface area contributed by atoms with Crippen molar-refractivity contribution in [3.8, 4) is 17.2 Å². The zero-order chi connectivity index (χ0) is 12.1. The van der Waals surface area contributed by atoms with Gasteiger partial charge in [0.2, 0.25) is 5.75 Å². The van der Waals surface area contributed by atoms with Crippen LogP contribution in [0.4, 0.5) is 0 Å². The van der Waals surface area contributed by atoms with Gasteiger partial charge in [0.1, 0.15) is 0 Å². The second-order valence-electron chi connectivity index (χ2n) is 3.35. The van der Waals surface area contributed by atoms with E-state index in [1.165, 1.54) is 0 Å². The zero-order valence-corrected chi connectivity index (χ0v) is 10.1. The molecule has 4 heteroatoms. The number of benzene rings is 1. The molecule has 0 fully saturated rings. The van der Waals surface area contributed by atoms with Crippen molar-refractivity contribution < 1.29 is 19.3 Å². The van der Waals surface area contributed by atoms with E-state index in [2.05, 4.69) is 0 Å². The number of ether oxygens (including phenoxy) is 3. The predicted molar refractivity (Wildman–Crippen MR) is 61.3 cm³/mol. The Morgan fingerprint density at radius 1 is 1.06 bits per heavy atom. The van der Waals surface area contributed by atoms with Gasteiger partial charge in [-0.05, 0) is 18.6 Å². The van der Waals surface area contributed by atoms with Gasteiger partial charge in [-0.2, -0.15) is 0 Å². The average Bonchev–Trinajstić information content (AvgIpc) is 2.35. The zero-order valence-electron chi connectivity index (χ0n) is 10.1. The summed E-state index contributed by atoms with van der Waals surface area (Å²) in [6.45, 7) is 1.90. The molecule has 0 bridgehead atoms. The van der Waals surface area contributed by atoms with Gasteiger partial charge in [-0.3, -0.25) is 0 Å². The van der Waals surface area contributed by atoms with E-state index in [0.717, 1.165) is 0 Å². The number of aliphatic hydroxyl groups excluding tert-OH is 1. The Bertz CT molecular complexity index is 349. The molecular formula is C12H18O4. The van der Waals surface area contributed by atoms with Gasteiger partial charge in [0.05, 0.1) is 27.4 Å². The van der Waals surface area contributed by atoms with Crippen LogP contribution in [0.3, 0.4) is 0 Å². The van der Waals surface area contributed by atoms with Gasteiger partial charge in [0.15, 0.2) is 11.5 Å². The maximum atomic E-state index is 9.85. The van der Waals surface area contributed by atoms with Crippen molar-refractivity contribution in [2.45, 2.75) is 19.4 Å². The summed E-state index contributed by atoms with van der Waals surface area (Å²) >= 11 is 0. The average molecular weight is 226 g/mol. The minimum Gasteiger partial charge on any atom is -0.493 e. The lowest BCUT2D eigenvalue weighted by Crippen LogP contribution is -2.02. The summed E-state index contributed by atoms with van der Waals surface area (Å²) in [6, 6.07) is 3.55. The molecule has 90 valence electrons. The smallest absolute Gasteiger partial charge is 0.203 e. The number of aliphatic hydroxyl groups is 1. The first kappa shape index (κ1) is 12.6. The standard InChI is InChI=1S/C12H18O4/c1-5-9(13)8-6-7-10(14-2)12(16-4)11(8)15-3/h6-7,9,13H,5H2,1-4H3/t9-/m1/s1. The fraction of sp³-hybridized carbons (Fsp3) is 0.500. The molecule has 1 aromatic rings. The molecule has 0 heterocycles. The summed E-state index contributed by atoms with van der Waals surface area (Å²) in [7, 11) is 4.65. The third-order valence-electron chi connectivity index (χ3n) is 2.48. The second-order valence-corrected chi connectivity index (χ2v) is 3.35. The maximum absolute atomic E-state index is 9.85. The highest BCUT2D eigenvalue weighted by Gasteiger charge is 2.19. The molecule has 0 unspecified atom stereocenters. The van der Waals surface area contributed by atoms with E-state index < -0.39 is 6.10 Å². The van der Waals surface area contributed by atoms with E-state index in [-0.39, 0.29) is 0 Å². The number of hydrogen-bond donors (Lipinski definition) is 1. The number of methoxy groups -OCH3 is 3. The van der Waals surface area contributed by atoms with E-state index in [1.54, 1.807) is 33.5 Å². The highest BCUT2D eigenvalue weighted by molar-refractivity contribution is 5.56. The lowest BCUT2D eigenvalue weighted by atomic mass is 10.1. The lowest BCUT2D eigenvalue weighted by Gasteiger charge is -2.18. The SMILES string of the molecule is CC[C@@H](O)c1ccc(OC)c(OC)c1OC. The normalized spacial score (nSPS) is 12.1. The predicted octanol–water partition coefficient (Wildman–Crippen LogP) is 2.16. The molecule has 0 amide bonds. The van der Waals surface area contributed by atoms with Gasteiger partial charge in [0, 0.05) is 5.56 Å². The first-order valence-corrected chi connectivity index (χ1v) is 5.16. The fourth-order valence-corrected chi connectivity index (χ4v) is 1.61. The van der Waals surface area contributed by atoms with E-state index in [4.69, 9.17) is 14.2 Å². The Morgan fingerprint density at radius 3 is 2.12 bits per heavy atom. The van der Waals surface area contributed by atoms with Gasteiger partial charge < -0.3 is 19.3 Å². The summed E-state index contributed by atoms with van der Waals surface area (Å²) < 4.78 is 15.7. The lowest BCUT2D eigenvalue weighted by molar-refractivity contribution is 0.168. The highest BCUT2D eigenvalue weighted by atomic mass is 16.5. The van der Waals surface area contributed by atoms with Crippen molar-refractivity contribution in [2.24, 2.45) is 0 Å². The van der Waals surface area contributed by atoms with Crippen LogP contribution in [-0.4, -0.2) is 26.4 Å². The maximum Gasteiger partial charge on any atom is 0.203 e. The molecule has 0 spiro atoms. The number of rotatable bonds is 5. The monoisotopic (exact) mass is 226 g/mol. The molecule has 0 aliphatic carbocycles. The Labute approximate surface area is 95.8 Å². The topological polar surface area (TPSA) is 47.9 Å². The largest absolute Gasteiger partial charge is 0.493 e. The minimum absolute atomic E-state index is 0.509. The van der Waals surface area contributed by atoms with Crippen LogP contribution >= 0.6 is 0 Å². The molecule has 0 aliphatic heterocycles. The minimum atomic E-state index is -0.560. The summed E-state index contributed by atoms with van der Waals surface area (Å²) in [5.74, 6) is 1.62. The third-order valence-corrected chi connectivity index (χ3v) is 2.48. The molecular weight excluding hydrogens is 208 g/mol. The van der Waals surface area contributed by atoms with Crippen molar-refractivity contribution in [1.29, 1.82) is 0 Å². The summed E-state index contributed by atoms with van der Waals surface area (Å²) in [6.07, 6.45) is 0.0565. The Hall–Kier alpha value is -1.42. The van der Waals surface area contributed by atoms with Gasteiger partial charge in [-0.25, -0.2) is 0 Å². The van der Waals surface area contributed by atoms with Gasteiger partial charge in [0.25, 0.3) is 0 Å². The highest BCUT2D eigenvalue weighted by Crippen LogP contribution is 2.42. The van der Waals surface area contributed by atoms with E-state index in [9.17, 15) is 5.11 Å². The van der Waals surface area contributed by atoms with Crippen LogP contribution in [0.2, 0.25) is 0 Å². The Balaban J connectivity index is 3.31. The van der Waals surface area contributed by atoms with Crippen LogP contribution in [-0.2, 0) is 0 Å². The Kier molecular flexibility index (Phi) is 4.43. The third kappa shape index (κ3) is 2.22. The summed E-state index contributed by atoms with van der Waals surface area (Å²) in [5, 5.41) is 9.85. The van der Waals surface area contributed by atoms with Crippen LogP contribution in [0.5, 0.6) is 17.2 Å². The molecule has 1 atom stereocenters. The molecule has 0 aliphatic rings. The molecule has 0 radical (unpaired) electrons. The van der Waals surface area contributed by atoms with Gasteiger partial charge in [-0.15, -0.1) is 0 Å². The van der Waals surface area contributed by atoms with E-state index in [0.29, 0.717) is 29.2 Å². The van der Waals surface area contributed by atoms with Crippen LogP contribution in [0, 0.1) is 0 Å². The van der Waals surface area contributed by atoms with Crippen molar-refractivity contribution in [3.05, 3.63) is 17.7 Å². The fourth-order valence-electron chi connectivity index (χ4n) is 1.61. The molecule has 0 saturated carbocycles. The second kappa shape index (κ2) is 5.61. The first-order chi connectivity index (χ1) is 7.69. The van der Waals surface area contributed by atoms with Gasteiger partial charge in [-0.1, -0.05) is 6.92 Å². The van der Waals surface area contributed by atoms with Crippen LogP contribution in [0.1, 0.15) is 25.0 Å². The van der Waals surface area contributed by atoms with E-state index in [1.807, 2.05) is 6.92 Å². The molecule has 4 nitrogen and oxygen atoms in total. The first-order valence-electron chi connectivity index (χ1n) is 5.16. The summed E-state index contributed by atoms with van der Waals surface area (Å²) in [4.78, 5) is 0. The summed E-state index contributed by atoms with van der Waals surface area (Å²) in [5.41, 5.74) is 0.711. The van der Waals surface area contributed by atoms with E-state index >= 15 is 0 Å².